The molecule has 3 nitrogen and oxygen atoms in total. The topological polar surface area (TPSA) is 47.0 Å². The Morgan fingerprint density at radius 2 is 2.07 bits per heavy atom. The molecular weight excluding hydrogens is 242 g/mol. The first-order valence-electron chi connectivity index (χ1n) is 3.78. The summed E-state index contributed by atoms with van der Waals surface area (Å²) in [5, 5.41) is -0.424. The lowest BCUT2D eigenvalue weighted by molar-refractivity contribution is 0.600. The molecule has 0 saturated carbocycles. The molecule has 0 aliphatic heterocycles. The van der Waals surface area contributed by atoms with Crippen LogP contribution >= 0.6 is 22.9 Å². The molecule has 0 fully saturated rings. The first-order valence-corrected chi connectivity index (χ1v) is 6.78. The molecular formula is C8H6ClNO2S2. The van der Waals surface area contributed by atoms with Crippen molar-refractivity contribution in [1.82, 2.24) is 4.98 Å². The van der Waals surface area contributed by atoms with E-state index in [1.165, 1.54) is 0 Å². The number of benzene rings is 1. The number of sulfone groups is 1. The van der Waals surface area contributed by atoms with Crippen molar-refractivity contribution >= 4 is 43.0 Å². The van der Waals surface area contributed by atoms with Crippen LogP contribution in [0.15, 0.2) is 28.6 Å². The molecule has 0 atom stereocenters. The summed E-state index contributed by atoms with van der Waals surface area (Å²) in [4.78, 5) is 4.00. The summed E-state index contributed by atoms with van der Waals surface area (Å²) in [6.45, 7) is 0. The lowest BCUT2D eigenvalue weighted by Gasteiger charge is -1.90. The molecule has 6 heteroatoms. The SMILES string of the molecule is O=S(=O)(CCl)c1nc2ccccc2s1. The largest absolute Gasteiger partial charge is 0.225 e. The number of thiazole rings is 1. The van der Waals surface area contributed by atoms with Gasteiger partial charge in [0.2, 0.25) is 14.2 Å². The Morgan fingerprint density at radius 3 is 2.71 bits per heavy atom. The summed E-state index contributed by atoms with van der Waals surface area (Å²) in [5.41, 5.74) is 0.696. The first-order chi connectivity index (χ1) is 6.63. The van der Waals surface area contributed by atoms with Crippen molar-refractivity contribution in [3.63, 3.8) is 0 Å². The van der Waals surface area contributed by atoms with E-state index in [2.05, 4.69) is 4.98 Å². The van der Waals surface area contributed by atoms with Crippen LogP contribution in [0.25, 0.3) is 10.2 Å². The van der Waals surface area contributed by atoms with Gasteiger partial charge in [-0.1, -0.05) is 12.1 Å². The highest BCUT2D eigenvalue weighted by Gasteiger charge is 2.17. The van der Waals surface area contributed by atoms with Crippen LogP contribution in [-0.4, -0.2) is 18.6 Å². The molecule has 0 unspecified atom stereocenters. The van der Waals surface area contributed by atoms with Crippen LogP contribution in [0.4, 0.5) is 0 Å². The van der Waals surface area contributed by atoms with Crippen LogP contribution in [-0.2, 0) is 9.84 Å². The van der Waals surface area contributed by atoms with Crippen LogP contribution in [0.1, 0.15) is 0 Å². The highest BCUT2D eigenvalue weighted by molar-refractivity contribution is 7.94. The van der Waals surface area contributed by atoms with Gasteiger partial charge in [-0.25, -0.2) is 13.4 Å². The van der Waals surface area contributed by atoms with Gasteiger partial charge in [-0.15, -0.1) is 22.9 Å². The maximum absolute atomic E-state index is 11.4. The Kier molecular flexibility index (Phi) is 2.47. The zero-order valence-electron chi connectivity index (χ0n) is 6.97. The fourth-order valence-corrected chi connectivity index (χ4v) is 3.52. The Bertz CT molecular complexity index is 528. The van der Waals surface area contributed by atoms with Crippen LogP contribution < -0.4 is 0 Å². The summed E-state index contributed by atoms with van der Waals surface area (Å²) in [7, 11) is -3.39. The minimum absolute atomic E-state index is 0.0914. The van der Waals surface area contributed by atoms with Crippen molar-refractivity contribution in [3.05, 3.63) is 24.3 Å². The fraction of sp³-hybridized carbons (Fsp3) is 0.125. The summed E-state index contributed by atoms with van der Waals surface area (Å²) in [5.74, 6) is 0. The van der Waals surface area contributed by atoms with Gasteiger partial charge in [-0.05, 0) is 12.1 Å². The van der Waals surface area contributed by atoms with Crippen molar-refractivity contribution in [2.24, 2.45) is 0 Å². The molecule has 1 heterocycles. The summed E-state index contributed by atoms with van der Waals surface area (Å²) in [6, 6.07) is 7.27. The second-order valence-electron chi connectivity index (χ2n) is 2.67. The lowest BCUT2D eigenvalue weighted by atomic mass is 10.3. The third kappa shape index (κ3) is 1.63. The van der Waals surface area contributed by atoms with Gasteiger partial charge in [0.05, 0.1) is 10.2 Å². The summed E-state index contributed by atoms with van der Waals surface area (Å²) in [6.07, 6.45) is 0. The van der Waals surface area contributed by atoms with Gasteiger partial charge in [0.1, 0.15) is 5.21 Å². The highest BCUT2D eigenvalue weighted by atomic mass is 35.5. The fourth-order valence-electron chi connectivity index (χ4n) is 1.03. The number of nitrogens with zero attached hydrogens (tertiary/aromatic N) is 1. The lowest BCUT2D eigenvalue weighted by Crippen LogP contribution is -2.00. The molecule has 0 radical (unpaired) electrons. The van der Waals surface area contributed by atoms with E-state index in [1.54, 1.807) is 6.07 Å². The van der Waals surface area contributed by atoms with E-state index < -0.39 is 15.0 Å². The number of fused-ring (bicyclic) bond motifs is 1. The summed E-state index contributed by atoms with van der Waals surface area (Å²) < 4.78 is 23.7. The Hall–Kier alpha value is -0.650. The molecule has 1 aromatic heterocycles. The summed E-state index contributed by atoms with van der Waals surface area (Å²) >= 11 is 6.48. The second-order valence-corrected chi connectivity index (χ2v) is 6.45. The maximum Gasteiger partial charge on any atom is 0.219 e. The normalized spacial score (nSPS) is 12.1. The Labute approximate surface area is 90.3 Å². The van der Waals surface area contributed by atoms with E-state index in [-0.39, 0.29) is 4.34 Å². The smallest absolute Gasteiger partial charge is 0.219 e. The second kappa shape index (κ2) is 3.49. The van der Waals surface area contributed by atoms with Crippen molar-refractivity contribution < 1.29 is 8.42 Å². The number of rotatable bonds is 2. The van der Waals surface area contributed by atoms with Gasteiger partial charge in [-0.3, -0.25) is 0 Å². The number of halogens is 1. The first kappa shape index (κ1) is 9.89. The average Bonchev–Trinajstić information content (AvgIpc) is 2.61. The van der Waals surface area contributed by atoms with Gasteiger partial charge in [0.15, 0.2) is 0 Å². The Morgan fingerprint density at radius 1 is 1.36 bits per heavy atom. The molecule has 0 amide bonds. The minimum atomic E-state index is -3.39. The van der Waals surface area contributed by atoms with Gasteiger partial charge in [0, 0.05) is 0 Å². The van der Waals surface area contributed by atoms with Crippen LogP contribution in [0.5, 0.6) is 0 Å². The van der Waals surface area contributed by atoms with Gasteiger partial charge in [-0.2, -0.15) is 0 Å². The number of hydrogen-bond donors (Lipinski definition) is 0. The predicted molar refractivity (Wildman–Crippen MR) is 57.5 cm³/mol. The number of para-hydroxylation sites is 1. The molecule has 0 N–H and O–H groups in total. The molecule has 0 saturated heterocycles. The molecule has 1 aromatic carbocycles. The minimum Gasteiger partial charge on any atom is -0.225 e. The predicted octanol–water partition coefficient (Wildman–Crippen LogP) is 2.27. The van der Waals surface area contributed by atoms with Crippen molar-refractivity contribution in [2.45, 2.75) is 4.34 Å². The maximum atomic E-state index is 11.4. The number of aromatic nitrogens is 1. The third-order valence-electron chi connectivity index (χ3n) is 1.68. The van der Waals surface area contributed by atoms with E-state index >= 15 is 0 Å². The molecule has 2 rings (SSSR count). The van der Waals surface area contributed by atoms with Gasteiger partial charge < -0.3 is 0 Å². The van der Waals surface area contributed by atoms with E-state index in [0.29, 0.717) is 5.52 Å². The van der Waals surface area contributed by atoms with Crippen molar-refractivity contribution in [1.29, 1.82) is 0 Å². The number of alkyl halides is 1. The average molecular weight is 248 g/mol. The standard InChI is InChI=1S/C8H6ClNO2S2/c9-5-14(11,12)8-10-6-3-1-2-4-7(6)13-8/h1-4H,5H2. The monoisotopic (exact) mass is 247 g/mol. The molecule has 2 aromatic rings. The molecule has 74 valence electrons. The van der Waals surface area contributed by atoms with E-state index in [0.717, 1.165) is 16.0 Å². The van der Waals surface area contributed by atoms with Gasteiger partial charge >= 0.3 is 0 Å². The van der Waals surface area contributed by atoms with Crippen molar-refractivity contribution in [3.8, 4) is 0 Å². The molecule has 0 aliphatic rings. The van der Waals surface area contributed by atoms with Gasteiger partial charge in [0.25, 0.3) is 0 Å². The molecule has 0 bridgehead atoms. The van der Waals surface area contributed by atoms with Crippen molar-refractivity contribution in [2.75, 3.05) is 5.21 Å². The third-order valence-corrected chi connectivity index (χ3v) is 5.30. The highest BCUT2D eigenvalue weighted by Crippen LogP contribution is 2.25. The molecule has 14 heavy (non-hydrogen) atoms. The van der Waals surface area contributed by atoms with Crippen LogP contribution in [0.2, 0.25) is 0 Å². The van der Waals surface area contributed by atoms with Crippen LogP contribution in [0.3, 0.4) is 0 Å². The zero-order chi connectivity index (χ0) is 10.2. The van der Waals surface area contributed by atoms with E-state index in [9.17, 15) is 8.42 Å². The number of hydrogen-bond acceptors (Lipinski definition) is 4. The Balaban J connectivity index is 2.67. The van der Waals surface area contributed by atoms with Crippen LogP contribution in [0, 0.1) is 0 Å². The molecule has 0 spiro atoms. The van der Waals surface area contributed by atoms with E-state index in [1.807, 2.05) is 18.2 Å². The molecule has 0 aliphatic carbocycles. The quantitative estimate of drug-likeness (QED) is 0.765. The van der Waals surface area contributed by atoms with E-state index in [4.69, 9.17) is 11.6 Å². The zero-order valence-corrected chi connectivity index (χ0v) is 9.36.